The average molecular weight is 239 g/mol. The van der Waals surface area contributed by atoms with Gasteiger partial charge in [-0.15, -0.1) is 0 Å². The molecule has 1 fully saturated rings. The van der Waals surface area contributed by atoms with E-state index in [1.54, 1.807) is 0 Å². The molecule has 0 unspecified atom stereocenters. The fourth-order valence-electron chi connectivity index (χ4n) is 2.63. The van der Waals surface area contributed by atoms with Crippen molar-refractivity contribution >= 4 is 5.91 Å². The van der Waals surface area contributed by atoms with Gasteiger partial charge in [-0.25, -0.2) is 0 Å². The Hall–Kier alpha value is -0.530. The zero-order valence-corrected chi connectivity index (χ0v) is 11.5. The van der Waals surface area contributed by atoms with Crippen LogP contribution in [0, 0.1) is 5.92 Å². The van der Waals surface area contributed by atoms with E-state index in [4.69, 9.17) is 0 Å². The van der Waals surface area contributed by atoms with Crippen LogP contribution in [0.3, 0.4) is 0 Å². The first kappa shape index (κ1) is 14.5. The zero-order valence-electron chi connectivity index (χ0n) is 11.5. The summed E-state index contributed by atoms with van der Waals surface area (Å²) in [5.74, 6) is 0.641. The van der Waals surface area contributed by atoms with Gasteiger partial charge in [-0.3, -0.25) is 4.79 Å². The molecule has 0 radical (unpaired) electrons. The number of rotatable bonds is 8. The first-order valence-electron chi connectivity index (χ1n) is 7.62. The maximum Gasteiger partial charge on any atom is 0.223 e. The monoisotopic (exact) mass is 239 g/mol. The number of amides is 1. The van der Waals surface area contributed by atoms with Crippen LogP contribution < -0.4 is 5.32 Å². The van der Waals surface area contributed by atoms with E-state index in [1.807, 2.05) is 0 Å². The highest BCUT2D eigenvalue weighted by Gasteiger charge is 2.20. The molecule has 1 rings (SSSR count). The highest BCUT2D eigenvalue weighted by Crippen LogP contribution is 2.23. The predicted octanol–water partition coefficient (Wildman–Crippen LogP) is 4.04. The summed E-state index contributed by atoms with van der Waals surface area (Å²) in [6.45, 7) is 3.13. The molecule has 0 atom stereocenters. The normalized spacial score (nSPS) is 17.0. The minimum atomic E-state index is 0.318. The van der Waals surface area contributed by atoms with Crippen molar-refractivity contribution in [2.75, 3.05) is 6.54 Å². The Morgan fingerprint density at radius 1 is 1.00 bits per heavy atom. The average Bonchev–Trinajstić information content (AvgIpc) is 2.38. The summed E-state index contributed by atoms with van der Waals surface area (Å²) in [6.07, 6.45) is 13.8. The molecule has 0 aromatic rings. The molecule has 1 N–H and O–H groups in total. The van der Waals surface area contributed by atoms with Crippen molar-refractivity contribution in [3.05, 3.63) is 0 Å². The third kappa shape index (κ3) is 6.70. The van der Waals surface area contributed by atoms with Crippen molar-refractivity contribution < 1.29 is 4.79 Å². The minimum Gasteiger partial charge on any atom is -0.356 e. The van der Waals surface area contributed by atoms with Crippen LogP contribution in [0.4, 0.5) is 0 Å². The molecule has 0 aliphatic heterocycles. The summed E-state index contributed by atoms with van der Waals surface area (Å²) in [4.78, 5) is 11.8. The highest BCUT2D eigenvalue weighted by atomic mass is 16.1. The van der Waals surface area contributed by atoms with E-state index in [0.29, 0.717) is 11.8 Å². The Kier molecular flexibility index (Phi) is 8.12. The van der Waals surface area contributed by atoms with E-state index in [1.165, 1.54) is 51.4 Å². The first-order chi connectivity index (χ1) is 8.34. The molecule has 0 saturated heterocycles. The Bertz CT molecular complexity index is 197. The van der Waals surface area contributed by atoms with Crippen molar-refractivity contribution in [2.45, 2.75) is 77.6 Å². The van der Waals surface area contributed by atoms with Gasteiger partial charge in [0, 0.05) is 12.5 Å². The fraction of sp³-hybridized carbons (Fsp3) is 0.933. The minimum absolute atomic E-state index is 0.318. The van der Waals surface area contributed by atoms with Gasteiger partial charge in [-0.05, 0) is 19.3 Å². The van der Waals surface area contributed by atoms with E-state index in [2.05, 4.69) is 12.2 Å². The number of nitrogens with one attached hydrogen (secondary N) is 1. The van der Waals surface area contributed by atoms with Gasteiger partial charge in [-0.2, -0.15) is 0 Å². The van der Waals surface area contributed by atoms with Crippen LogP contribution in [-0.2, 0) is 4.79 Å². The van der Waals surface area contributed by atoms with Gasteiger partial charge in [0.25, 0.3) is 0 Å². The maximum absolute atomic E-state index is 11.8. The van der Waals surface area contributed by atoms with Crippen LogP contribution in [0.2, 0.25) is 0 Å². The topological polar surface area (TPSA) is 29.1 Å². The first-order valence-corrected chi connectivity index (χ1v) is 7.62. The Labute approximate surface area is 107 Å². The summed E-state index contributed by atoms with van der Waals surface area (Å²) in [5.41, 5.74) is 0. The molecule has 17 heavy (non-hydrogen) atoms. The second kappa shape index (κ2) is 9.49. The summed E-state index contributed by atoms with van der Waals surface area (Å²) >= 11 is 0. The lowest BCUT2D eigenvalue weighted by atomic mass is 9.88. The molecule has 0 heterocycles. The maximum atomic E-state index is 11.8. The molecule has 2 nitrogen and oxygen atoms in total. The van der Waals surface area contributed by atoms with E-state index >= 15 is 0 Å². The SMILES string of the molecule is CCCCCCCCNC(=O)C1CCCCC1. The van der Waals surface area contributed by atoms with Gasteiger partial charge in [-0.1, -0.05) is 58.3 Å². The predicted molar refractivity (Wildman–Crippen MR) is 73.0 cm³/mol. The van der Waals surface area contributed by atoms with Crippen LogP contribution in [0.5, 0.6) is 0 Å². The number of carbonyl (C=O) groups excluding carboxylic acids is 1. The summed E-state index contributed by atoms with van der Waals surface area (Å²) < 4.78 is 0. The largest absolute Gasteiger partial charge is 0.356 e. The van der Waals surface area contributed by atoms with Crippen LogP contribution in [0.25, 0.3) is 0 Å². The lowest BCUT2D eigenvalue weighted by Gasteiger charge is -2.20. The van der Waals surface area contributed by atoms with E-state index in [0.717, 1.165) is 25.8 Å². The lowest BCUT2D eigenvalue weighted by Crippen LogP contribution is -2.32. The second-order valence-corrected chi connectivity index (χ2v) is 5.39. The van der Waals surface area contributed by atoms with E-state index in [-0.39, 0.29) is 0 Å². The molecule has 1 aliphatic carbocycles. The fourth-order valence-corrected chi connectivity index (χ4v) is 2.63. The molecule has 2 heteroatoms. The number of carbonyl (C=O) groups is 1. The van der Waals surface area contributed by atoms with E-state index in [9.17, 15) is 4.79 Å². The molecule has 0 aromatic heterocycles. The Morgan fingerprint density at radius 2 is 1.65 bits per heavy atom. The second-order valence-electron chi connectivity index (χ2n) is 5.39. The van der Waals surface area contributed by atoms with Gasteiger partial charge in [0.05, 0.1) is 0 Å². The van der Waals surface area contributed by atoms with Gasteiger partial charge >= 0.3 is 0 Å². The van der Waals surface area contributed by atoms with Crippen LogP contribution >= 0.6 is 0 Å². The Morgan fingerprint density at radius 3 is 2.35 bits per heavy atom. The molecule has 1 aliphatic rings. The quantitative estimate of drug-likeness (QED) is 0.636. The van der Waals surface area contributed by atoms with Crippen molar-refractivity contribution in [3.63, 3.8) is 0 Å². The van der Waals surface area contributed by atoms with Crippen LogP contribution in [-0.4, -0.2) is 12.5 Å². The number of hydrogen-bond acceptors (Lipinski definition) is 1. The molecule has 0 bridgehead atoms. The number of hydrogen-bond donors (Lipinski definition) is 1. The van der Waals surface area contributed by atoms with Crippen molar-refractivity contribution in [2.24, 2.45) is 5.92 Å². The third-order valence-electron chi connectivity index (χ3n) is 3.81. The lowest BCUT2D eigenvalue weighted by molar-refractivity contribution is -0.125. The Balaban J connectivity index is 1.92. The summed E-state index contributed by atoms with van der Waals surface area (Å²) in [5, 5.41) is 3.10. The highest BCUT2D eigenvalue weighted by molar-refractivity contribution is 5.78. The van der Waals surface area contributed by atoms with Crippen LogP contribution in [0.1, 0.15) is 77.6 Å². The molecule has 0 spiro atoms. The zero-order chi connectivity index (χ0) is 12.3. The van der Waals surface area contributed by atoms with Crippen molar-refractivity contribution in [3.8, 4) is 0 Å². The van der Waals surface area contributed by atoms with Crippen LogP contribution in [0.15, 0.2) is 0 Å². The molecule has 1 amide bonds. The van der Waals surface area contributed by atoms with Gasteiger partial charge in [0.15, 0.2) is 0 Å². The third-order valence-corrected chi connectivity index (χ3v) is 3.81. The smallest absolute Gasteiger partial charge is 0.223 e. The van der Waals surface area contributed by atoms with E-state index < -0.39 is 0 Å². The molecule has 1 saturated carbocycles. The summed E-state index contributed by atoms with van der Waals surface area (Å²) in [6, 6.07) is 0. The van der Waals surface area contributed by atoms with Gasteiger partial charge in [0.1, 0.15) is 0 Å². The molecular formula is C15H29NO. The summed E-state index contributed by atoms with van der Waals surface area (Å²) in [7, 11) is 0. The van der Waals surface area contributed by atoms with Crippen molar-refractivity contribution in [1.82, 2.24) is 5.32 Å². The molecule has 0 aromatic carbocycles. The van der Waals surface area contributed by atoms with Crippen molar-refractivity contribution in [1.29, 1.82) is 0 Å². The standard InChI is InChI=1S/C15H29NO/c1-2-3-4-5-6-10-13-16-15(17)14-11-8-7-9-12-14/h14H,2-13H2,1H3,(H,16,17). The molecular weight excluding hydrogens is 210 g/mol. The number of unbranched alkanes of at least 4 members (excludes halogenated alkanes) is 5. The molecule has 100 valence electrons. The van der Waals surface area contributed by atoms with Gasteiger partial charge < -0.3 is 5.32 Å². The van der Waals surface area contributed by atoms with Gasteiger partial charge in [0.2, 0.25) is 5.91 Å².